The Morgan fingerprint density at radius 1 is 1.35 bits per heavy atom. The van der Waals surface area contributed by atoms with Gasteiger partial charge in [0.15, 0.2) is 18.2 Å². The molecule has 1 aromatic carbocycles. The first-order valence-corrected chi connectivity index (χ1v) is 10.6. The Bertz CT molecular complexity index is 1040. The van der Waals surface area contributed by atoms with Crippen LogP contribution >= 0.6 is 12.3 Å². The minimum Gasteiger partial charge on any atom is -0.355 e. The SMILES string of the molecule is CCC(=O)N1CCc2cc(-c3nc(C)cn3SF)ccc21.O=CNCc1cccnc1. The Kier molecular flexibility index (Phi) is 7.77. The first-order chi connectivity index (χ1) is 15.1. The average Bonchev–Trinajstić information content (AvgIpc) is 3.41. The summed E-state index contributed by atoms with van der Waals surface area (Å²) < 4.78 is 14.4. The van der Waals surface area contributed by atoms with Gasteiger partial charge in [0.1, 0.15) is 0 Å². The Morgan fingerprint density at radius 2 is 2.19 bits per heavy atom. The second-order valence-corrected chi connectivity index (χ2v) is 7.48. The van der Waals surface area contributed by atoms with Crippen LogP contribution in [-0.4, -0.2) is 32.8 Å². The minimum absolute atomic E-state index is 0.137. The van der Waals surface area contributed by atoms with Gasteiger partial charge in [0.25, 0.3) is 0 Å². The number of aryl methyl sites for hydroxylation is 1. The summed E-state index contributed by atoms with van der Waals surface area (Å²) in [6.45, 7) is 4.98. The van der Waals surface area contributed by atoms with Crippen LogP contribution in [0.1, 0.15) is 30.2 Å². The number of halogens is 1. The summed E-state index contributed by atoms with van der Waals surface area (Å²) in [6, 6.07) is 9.58. The maximum atomic E-state index is 13.0. The molecule has 0 atom stereocenters. The minimum atomic E-state index is 0.137. The molecule has 1 aliphatic heterocycles. The molecule has 0 unspecified atom stereocenters. The molecule has 7 nitrogen and oxygen atoms in total. The molecule has 4 rings (SSSR count). The number of imidazole rings is 1. The van der Waals surface area contributed by atoms with Crippen molar-refractivity contribution in [3.05, 3.63) is 65.7 Å². The van der Waals surface area contributed by atoms with Crippen molar-refractivity contribution in [3.8, 4) is 11.4 Å². The first kappa shape index (κ1) is 22.5. The maximum Gasteiger partial charge on any atom is 0.226 e. The number of fused-ring (bicyclic) bond motifs is 1. The van der Waals surface area contributed by atoms with Crippen molar-refractivity contribution in [3.63, 3.8) is 0 Å². The van der Waals surface area contributed by atoms with Crippen LogP contribution in [0.25, 0.3) is 11.4 Å². The number of carbonyl (C=O) groups excluding carboxylic acids is 2. The Hall–Kier alpha value is -3.20. The zero-order chi connectivity index (χ0) is 22.2. The zero-order valence-electron chi connectivity index (χ0n) is 17.4. The van der Waals surface area contributed by atoms with Crippen LogP contribution < -0.4 is 10.2 Å². The number of pyridine rings is 1. The summed E-state index contributed by atoms with van der Waals surface area (Å²) in [4.78, 5) is 31.8. The molecule has 0 bridgehead atoms. The van der Waals surface area contributed by atoms with E-state index in [4.69, 9.17) is 0 Å². The fraction of sp³-hybridized carbons (Fsp3) is 0.273. The molecule has 3 aromatic rings. The molecule has 0 spiro atoms. The van der Waals surface area contributed by atoms with Crippen LogP contribution in [0, 0.1) is 6.92 Å². The quantitative estimate of drug-likeness (QED) is 0.588. The molecule has 162 valence electrons. The average molecular weight is 442 g/mol. The number of aromatic nitrogens is 3. The van der Waals surface area contributed by atoms with Gasteiger partial charge in [-0.1, -0.05) is 13.0 Å². The molecule has 3 heterocycles. The molecule has 2 amide bonds. The largest absolute Gasteiger partial charge is 0.355 e. The molecule has 2 aromatic heterocycles. The number of hydrogen-bond donors (Lipinski definition) is 1. The van der Waals surface area contributed by atoms with Crippen LogP contribution in [0.3, 0.4) is 0 Å². The van der Waals surface area contributed by atoms with E-state index < -0.39 is 0 Å². The Morgan fingerprint density at radius 3 is 2.87 bits per heavy atom. The zero-order valence-corrected chi connectivity index (χ0v) is 18.2. The van der Waals surface area contributed by atoms with Crippen molar-refractivity contribution in [2.45, 2.75) is 33.2 Å². The summed E-state index contributed by atoms with van der Waals surface area (Å²) in [5, 5.41) is 2.54. The van der Waals surface area contributed by atoms with Crippen LogP contribution in [0.2, 0.25) is 0 Å². The lowest BCUT2D eigenvalue weighted by molar-refractivity contribution is -0.118. The van der Waals surface area contributed by atoms with Gasteiger partial charge < -0.3 is 10.2 Å². The Labute approximate surface area is 185 Å². The van der Waals surface area contributed by atoms with Crippen molar-refractivity contribution in [1.29, 1.82) is 0 Å². The van der Waals surface area contributed by atoms with E-state index in [1.165, 1.54) is 3.97 Å². The van der Waals surface area contributed by atoms with Gasteiger partial charge in [0.05, 0.1) is 5.69 Å². The second kappa shape index (κ2) is 10.7. The summed E-state index contributed by atoms with van der Waals surface area (Å²) in [7, 11) is 0. The molecule has 0 saturated carbocycles. The van der Waals surface area contributed by atoms with E-state index in [1.54, 1.807) is 18.6 Å². The van der Waals surface area contributed by atoms with Crippen LogP contribution in [0.5, 0.6) is 0 Å². The predicted molar refractivity (Wildman–Crippen MR) is 120 cm³/mol. The van der Waals surface area contributed by atoms with Crippen molar-refractivity contribution in [2.24, 2.45) is 0 Å². The van der Waals surface area contributed by atoms with Gasteiger partial charge in [-0.2, -0.15) is 0 Å². The van der Waals surface area contributed by atoms with Gasteiger partial charge in [-0.05, 0) is 48.7 Å². The van der Waals surface area contributed by atoms with Crippen LogP contribution in [0.15, 0.2) is 48.9 Å². The molecule has 0 aliphatic carbocycles. The highest BCUT2D eigenvalue weighted by Gasteiger charge is 2.24. The molecule has 1 N–H and O–H groups in total. The van der Waals surface area contributed by atoms with Crippen LogP contribution in [-0.2, 0) is 22.6 Å². The van der Waals surface area contributed by atoms with E-state index in [0.29, 0.717) is 25.2 Å². The molecule has 1 aliphatic rings. The number of amides is 2. The molecule has 0 fully saturated rings. The van der Waals surface area contributed by atoms with E-state index in [1.807, 2.05) is 49.1 Å². The van der Waals surface area contributed by atoms with E-state index in [9.17, 15) is 13.5 Å². The fourth-order valence-corrected chi connectivity index (χ4v) is 3.78. The first-order valence-electron chi connectivity index (χ1n) is 9.92. The highest BCUT2D eigenvalue weighted by atomic mass is 32.2. The highest BCUT2D eigenvalue weighted by molar-refractivity contribution is 7.92. The third kappa shape index (κ3) is 5.49. The number of benzene rings is 1. The number of rotatable bonds is 6. The van der Waals surface area contributed by atoms with Gasteiger partial charge in [-0.3, -0.25) is 14.6 Å². The topological polar surface area (TPSA) is 80.1 Å². The van der Waals surface area contributed by atoms with E-state index in [-0.39, 0.29) is 18.2 Å². The lowest BCUT2D eigenvalue weighted by Crippen LogP contribution is -2.27. The van der Waals surface area contributed by atoms with E-state index in [2.05, 4.69) is 15.3 Å². The molecule has 9 heteroatoms. The number of nitrogens with zero attached hydrogens (tertiary/aromatic N) is 4. The predicted octanol–water partition coefficient (Wildman–Crippen LogP) is 3.87. The molecular formula is C22H24FN5O2S. The Balaban J connectivity index is 0.000000229. The highest BCUT2D eigenvalue weighted by Crippen LogP contribution is 2.33. The molecule has 0 saturated heterocycles. The second-order valence-electron chi connectivity index (χ2n) is 6.95. The van der Waals surface area contributed by atoms with Crippen molar-refractivity contribution in [1.82, 2.24) is 19.3 Å². The van der Waals surface area contributed by atoms with Crippen LogP contribution in [0.4, 0.5) is 9.57 Å². The third-order valence-corrected chi connectivity index (χ3v) is 5.25. The van der Waals surface area contributed by atoms with Gasteiger partial charge in [0.2, 0.25) is 12.3 Å². The molecule has 31 heavy (non-hydrogen) atoms. The summed E-state index contributed by atoms with van der Waals surface area (Å²) >= 11 is 0.143. The molecule has 0 radical (unpaired) electrons. The number of anilines is 1. The number of hydrogen-bond acceptors (Lipinski definition) is 5. The van der Waals surface area contributed by atoms with Gasteiger partial charge in [0, 0.05) is 49.4 Å². The number of carbonyl (C=O) groups is 2. The van der Waals surface area contributed by atoms with Crippen molar-refractivity contribution >= 4 is 30.3 Å². The lowest BCUT2D eigenvalue weighted by Gasteiger charge is -2.16. The number of nitrogens with one attached hydrogen (secondary N) is 1. The normalized spacial score (nSPS) is 12.0. The fourth-order valence-electron chi connectivity index (χ4n) is 3.37. The van der Waals surface area contributed by atoms with Gasteiger partial charge in [-0.25, -0.2) is 8.96 Å². The van der Waals surface area contributed by atoms with Gasteiger partial charge in [-0.15, -0.1) is 3.89 Å². The summed E-state index contributed by atoms with van der Waals surface area (Å²) in [5.41, 5.74) is 4.74. The van der Waals surface area contributed by atoms with E-state index >= 15 is 0 Å². The summed E-state index contributed by atoms with van der Waals surface area (Å²) in [5.74, 6) is 0.737. The molecular weight excluding hydrogens is 417 g/mol. The third-order valence-electron chi connectivity index (χ3n) is 4.82. The smallest absolute Gasteiger partial charge is 0.226 e. The monoisotopic (exact) mass is 441 g/mol. The summed E-state index contributed by atoms with van der Waals surface area (Å²) in [6.07, 6.45) is 7.09. The van der Waals surface area contributed by atoms with Crippen molar-refractivity contribution in [2.75, 3.05) is 11.4 Å². The standard InChI is InChI=1S/C15H16FN3OS.C7H8N2O/c1-3-14(20)18-7-6-11-8-12(4-5-13(11)18)15-17-10(2)9-19(15)21-16;10-6-9-5-7-2-1-3-8-4-7/h4-5,8-9H,3,6-7H2,1-2H3;1-4,6H,5H2,(H,9,10). The van der Waals surface area contributed by atoms with E-state index in [0.717, 1.165) is 41.0 Å². The maximum absolute atomic E-state index is 13.0. The van der Waals surface area contributed by atoms with Crippen molar-refractivity contribution < 1.29 is 13.5 Å². The lowest BCUT2D eigenvalue weighted by atomic mass is 10.1. The van der Waals surface area contributed by atoms with Gasteiger partial charge >= 0.3 is 0 Å².